The van der Waals surface area contributed by atoms with E-state index in [0.29, 0.717) is 7.11 Å². The Bertz CT molecular complexity index is 384. The number of carbonyl (C=O) groups is 1. The Morgan fingerprint density at radius 2 is 1.32 bits per heavy atom. The molecule has 19 heavy (non-hydrogen) atoms. The number of rotatable bonds is 3. The Hall–Kier alpha value is -1.62. The summed E-state index contributed by atoms with van der Waals surface area (Å²) in [5.41, 5.74) is 0. The first-order valence-corrected chi connectivity index (χ1v) is 3.93. The second-order valence-corrected chi connectivity index (χ2v) is 2.77. The van der Waals surface area contributed by atoms with Gasteiger partial charge in [-0.25, -0.2) is 9.18 Å². The minimum absolute atomic E-state index is 0.402. The van der Waals surface area contributed by atoms with E-state index in [4.69, 9.17) is 0 Å². The summed E-state index contributed by atoms with van der Waals surface area (Å²) in [6.07, 6.45) is -14.8. The van der Waals surface area contributed by atoms with Gasteiger partial charge in [0.15, 0.2) is 0 Å². The summed E-state index contributed by atoms with van der Waals surface area (Å²) >= 11 is 0. The highest BCUT2D eigenvalue weighted by Gasteiger charge is 2.66. The lowest BCUT2D eigenvalue weighted by atomic mass is 10.2. The van der Waals surface area contributed by atoms with Crippen LogP contribution in [0.15, 0.2) is 11.7 Å². The van der Waals surface area contributed by atoms with E-state index in [1.165, 1.54) is 0 Å². The van der Waals surface area contributed by atoms with E-state index in [1.807, 2.05) is 0 Å². The molecule has 0 aliphatic carbocycles. The molecule has 0 atom stereocenters. The predicted octanol–water partition coefficient (Wildman–Crippen LogP) is 3.71. The van der Waals surface area contributed by atoms with Crippen LogP contribution in [-0.2, 0) is 9.47 Å². The lowest BCUT2D eigenvalue weighted by Gasteiger charge is -2.23. The van der Waals surface area contributed by atoms with Gasteiger partial charge in [-0.2, -0.15) is 35.1 Å². The molecule has 0 amide bonds. The molecule has 0 aromatic carbocycles. The quantitative estimate of drug-likeness (QED) is 0.589. The Balaban J connectivity index is 5.54. The van der Waals surface area contributed by atoms with Crippen molar-refractivity contribution in [3.63, 3.8) is 0 Å². The van der Waals surface area contributed by atoms with Gasteiger partial charge in [-0.05, 0) is 0 Å². The van der Waals surface area contributed by atoms with Crippen molar-refractivity contribution in [1.29, 1.82) is 0 Å². The SMILES string of the molecule is COC(=O)OC(F)(F)C(F)(F)C(F)=C(F)C(F)(F)F. The van der Waals surface area contributed by atoms with Crippen LogP contribution in [0.3, 0.4) is 0 Å². The van der Waals surface area contributed by atoms with Crippen LogP contribution >= 0.6 is 0 Å². The highest BCUT2D eigenvalue weighted by atomic mass is 19.4. The Morgan fingerprint density at radius 1 is 0.895 bits per heavy atom. The largest absolute Gasteiger partial charge is 0.512 e. The number of allylic oxidation sites excluding steroid dienone is 1. The third-order valence-corrected chi connectivity index (χ3v) is 1.46. The third kappa shape index (κ3) is 3.67. The van der Waals surface area contributed by atoms with Crippen LogP contribution in [0.4, 0.5) is 44.3 Å². The molecule has 0 radical (unpaired) electrons. The van der Waals surface area contributed by atoms with Crippen LogP contribution in [0.2, 0.25) is 0 Å². The molecule has 112 valence electrons. The van der Waals surface area contributed by atoms with Gasteiger partial charge in [-0.15, -0.1) is 0 Å². The first-order chi connectivity index (χ1) is 8.27. The molecule has 0 aromatic heterocycles. The number of halogens is 9. The van der Waals surface area contributed by atoms with Gasteiger partial charge in [0.05, 0.1) is 7.11 Å². The fourth-order valence-electron chi connectivity index (χ4n) is 0.600. The first-order valence-electron chi connectivity index (χ1n) is 3.93. The highest BCUT2D eigenvalue weighted by Crippen LogP contribution is 2.45. The Labute approximate surface area is 98.1 Å². The van der Waals surface area contributed by atoms with Crippen LogP contribution in [-0.4, -0.2) is 31.5 Å². The molecule has 3 nitrogen and oxygen atoms in total. The monoisotopic (exact) mass is 306 g/mol. The molecule has 0 heterocycles. The van der Waals surface area contributed by atoms with E-state index in [-0.39, 0.29) is 0 Å². The summed E-state index contributed by atoms with van der Waals surface area (Å²) in [5, 5.41) is 0. The van der Waals surface area contributed by atoms with Gasteiger partial charge in [0.25, 0.3) is 0 Å². The van der Waals surface area contributed by atoms with E-state index in [2.05, 4.69) is 9.47 Å². The van der Waals surface area contributed by atoms with Gasteiger partial charge < -0.3 is 9.47 Å². The predicted molar refractivity (Wildman–Crippen MR) is 38.7 cm³/mol. The lowest BCUT2D eigenvalue weighted by molar-refractivity contribution is -0.318. The van der Waals surface area contributed by atoms with E-state index in [9.17, 15) is 44.3 Å². The number of alkyl halides is 7. The lowest BCUT2D eigenvalue weighted by Crippen LogP contribution is -2.45. The average molecular weight is 306 g/mol. The molecular formula is C7H3F9O3. The van der Waals surface area contributed by atoms with E-state index in [1.54, 1.807) is 0 Å². The molecule has 0 saturated heterocycles. The molecule has 0 saturated carbocycles. The van der Waals surface area contributed by atoms with E-state index in [0.717, 1.165) is 0 Å². The van der Waals surface area contributed by atoms with Crippen molar-refractivity contribution in [1.82, 2.24) is 0 Å². The number of ether oxygens (including phenoxy) is 2. The van der Waals surface area contributed by atoms with Crippen molar-refractivity contribution >= 4 is 6.16 Å². The van der Waals surface area contributed by atoms with Crippen LogP contribution < -0.4 is 0 Å². The zero-order valence-electron chi connectivity index (χ0n) is 8.63. The Kier molecular flexibility index (Phi) is 4.73. The zero-order chi connectivity index (χ0) is 15.6. The van der Waals surface area contributed by atoms with Crippen molar-refractivity contribution in [3.8, 4) is 0 Å². The van der Waals surface area contributed by atoms with Gasteiger partial charge >= 0.3 is 24.4 Å². The first kappa shape index (κ1) is 17.4. The molecular weight excluding hydrogens is 303 g/mol. The number of methoxy groups -OCH3 is 1. The maximum absolute atomic E-state index is 12.6. The summed E-state index contributed by atoms with van der Waals surface area (Å²) < 4.78 is 116. The fraction of sp³-hybridized carbons (Fsp3) is 0.571. The van der Waals surface area contributed by atoms with E-state index >= 15 is 0 Å². The summed E-state index contributed by atoms with van der Waals surface area (Å²) in [4.78, 5) is 10.2. The smallest absolute Gasteiger partial charge is 0.437 e. The molecule has 0 unspecified atom stereocenters. The summed E-state index contributed by atoms with van der Waals surface area (Å²) in [5.74, 6) is -14.6. The molecule has 0 aromatic rings. The normalized spacial score (nSPS) is 14.8. The number of hydrogen-bond acceptors (Lipinski definition) is 3. The topological polar surface area (TPSA) is 35.5 Å². The molecule has 0 N–H and O–H groups in total. The molecule has 12 heteroatoms. The standard InChI is InChI=1S/C7H3F9O3/c1-18-4(17)19-7(15,16)5(10,11)2(8)3(9)6(12,13)14/h1H3. The van der Waals surface area contributed by atoms with Crippen molar-refractivity contribution in [3.05, 3.63) is 11.7 Å². The Morgan fingerprint density at radius 3 is 1.63 bits per heavy atom. The van der Waals surface area contributed by atoms with Gasteiger partial charge in [-0.1, -0.05) is 0 Å². The number of hydrogen-bond donors (Lipinski definition) is 0. The summed E-state index contributed by atoms with van der Waals surface area (Å²) in [6, 6.07) is 0. The van der Waals surface area contributed by atoms with Crippen LogP contribution in [0.5, 0.6) is 0 Å². The molecule has 0 aliphatic heterocycles. The second-order valence-electron chi connectivity index (χ2n) is 2.77. The van der Waals surface area contributed by atoms with Gasteiger partial charge in [0.1, 0.15) is 0 Å². The van der Waals surface area contributed by atoms with Crippen LogP contribution in [0.1, 0.15) is 0 Å². The molecule has 0 aliphatic rings. The number of carbonyl (C=O) groups excluding carboxylic acids is 1. The van der Waals surface area contributed by atoms with Crippen molar-refractivity contribution in [2.75, 3.05) is 7.11 Å². The van der Waals surface area contributed by atoms with Crippen molar-refractivity contribution in [2.45, 2.75) is 18.2 Å². The molecule has 0 rings (SSSR count). The summed E-state index contributed by atoms with van der Waals surface area (Å²) in [7, 11) is 0.402. The van der Waals surface area contributed by atoms with Crippen molar-refractivity contribution in [2.24, 2.45) is 0 Å². The zero-order valence-corrected chi connectivity index (χ0v) is 8.63. The highest BCUT2D eigenvalue weighted by molar-refractivity contribution is 5.60. The minimum Gasteiger partial charge on any atom is -0.437 e. The third-order valence-electron chi connectivity index (χ3n) is 1.46. The fourth-order valence-corrected chi connectivity index (χ4v) is 0.600. The molecule has 0 spiro atoms. The average Bonchev–Trinajstić information content (AvgIpc) is 2.24. The second kappa shape index (κ2) is 5.17. The minimum atomic E-state index is -6.37. The van der Waals surface area contributed by atoms with E-state index < -0.39 is 36.0 Å². The van der Waals surface area contributed by atoms with Crippen LogP contribution in [0, 0.1) is 0 Å². The van der Waals surface area contributed by atoms with Gasteiger partial charge in [0.2, 0.25) is 11.7 Å². The maximum atomic E-state index is 12.6. The van der Waals surface area contributed by atoms with Gasteiger partial charge in [-0.3, -0.25) is 0 Å². The molecule has 0 bridgehead atoms. The van der Waals surface area contributed by atoms with Gasteiger partial charge in [0, 0.05) is 0 Å². The molecule has 0 fully saturated rings. The van der Waals surface area contributed by atoms with Crippen molar-refractivity contribution < 1.29 is 53.8 Å². The van der Waals surface area contributed by atoms with Crippen LogP contribution in [0.25, 0.3) is 0 Å². The maximum Gasteiger partial charge on any atom is 0.512 e. The summed E-state index contributed by atoms with van der Waals surface area (Å²) in [6.45, 7) is 0.